The predicted octanol–water partition coefficient (Wildman–Crippen LogP) is 4.93. The molecular formula is C22H25FN4S. The molecule has 1 aliphatic carbocycles. The van der Waals surface area contributed by atoms with Crippen molar-refractivity contribution in [2.45, 2.75) is 51.4 Å². The smallest absolute Gasteiger partial charge is 0.199 e. The van der Waals surface area contributed by atoms with Crippen molar-refractivity contribution in [2.24, 2.45) is 0 Å². The SMILES string of the molecule is Cc1nn(CNC2(c3ccc(F)cc3)CCCC2)c(=S)n1Cc1ccccc1. The van der Waals surface area contributed by atoms with Gasteiger partial charge in [0, 0.05) is 5.54 Å². The van der Waals surface area contributed by atoms with E-state index in [1.165, 1.54) is 5.56 Å². The van der Waals surface area contributed by atoms with E-state index in [4.69, 9.17) is 12.2 Å². The van der Waals surface area contributed by atoms with Gasteiger partial charge in [-0.25, -0.2) is 9.07 Å². The maximum Gasteiger partial charge on any atom is 0.199 e. The van der Waals surface area contributed by atoms with Crippen LogP contribution in [-0.4, -0.2) is 14.3 Å². The van der Waals surface area contributed by atoms with Gasteiger partial charge in [-0.05, 0) is 55.2 Å². The zero-order valence-corrected chi connectivity index (χ0v) is 16.9. The van der Waals surface area contributed by atoms with Crippen molar-refractivity contribution in [1.29, 1.82) is 0 Å². The van der Waals surface area contributed by atoms with E-state index in [0.29, 0.717) is 18.0 Å². The van der Waals surface area contributed by atoms with Crippen molar-refractivity contribution in [3.63, 3.8) is 0 Å². The Hall–Kier alpha value is -2.31. The largest absolute Gasteiger partial charge is 0.300 e. The van der Waals surface area contributed by atoms with Crippen molar-refractivity contribution < 1.29 is 4.39 Å². The van der Waals surface area contributed by atoms with Gasteiger partial charge in [0.2, 0.25) is 0 Å². The van der Waals surface area contributed by atoms with E-state index < -0.39 is 0 Å². The lowest BCUT2D eigenvalue weighted by Gasteiger charge is -2.31. The van der Waals surface area contributed by atoms with Gasteiger partial charge in [-0.1, -0.05) is 55.3 Å². The topological polar surface area (TPSA) is 34.8 Å². The molecule has 0 atom stereocenters. The molecule has 146 valence electrons. The van der Waals surface area contributed by atoms with Crippen LogP contribution in [0.2, 0.25) is 0 Å². The van der Waals surface area contributed by atoms with Gasteiger partial charge in [0.15, 0.2) is 4.77 Å². The highest BCUT2D eigenvalue weighted by Gasteiger charge is 2.35. The third-order valence-corrected chi connectivity index (χ3v) is 6.14. The Morgan fingerprint density at radius 3 is 2.43 bits per heavy atom. The lowest BCUT2D eigenvalue weighted by Crippen LogP contribution is -2.41. The molecule has 1 fully saturated rings. The van der Waals surface area contributed by atoms with Gasteiger partial charge in [-0.3, -0.25) is 9.88 Å². The van der Waals surface area contributed by atoms with Gasteiger partial charge in [-0.15, -0.1) is 0 Å². The number of hydrogen-bond donors (Lipinski definition) is 1. The lowest BCUT2D eigenvalue weighted by molar-refractivity contribution is 0.296. The van der Waals surface area contributed by atoms with Crippen LogP contribution in [0.25, 0.3) is 0 Å². The molecule has 1 aliphatic rings. The van der Waals surface area contributed by atoms with Crippen molar-refractivity contribution in [3.8, 4) is 0 Å². The van der Waals surface area contributed by atoms with Crippen LogP contribution in [0.4, 0.5) is 4.39 Å². The maximum absolute atomic E-state index is 13.4. The molecule has 2 aromatic carbocycles. The number of aromatic nitrogens is 3. The number of hydrogen-bond acceptors (Lipinski definition) is 3. The highest BCUT2D eigenvalue weighted by molar-refractivity contribution is 7.71. The van der Waals surface area contributed by atoms with Crippen LogP contribution in [0.1, 0.15) is 42.6 Å². The number of benzene rings is 2. The fourth-order valence-corrected chi connectivity index (χ4v) is 4.44. The molecule has 1 N–H and O–H groups in total. The van der Waals surface area contributed by atoms with E-state index in [-0.39, 0.29) is 11.4 Å². The van der Waals surface area contributed by atoms with E-state index in [1.807, 2.05) is 41.9 Å². The van der Waals surface area contributed by atoms with Crippen molar-refractivity contribution >= 4 is 12.2 Å². The quantitative estimate of drug-likeness (QED) is 0.600. The monoisotopic (exact) mass is 396 g/mol. The summed E-state index contributed by atoms with van der Waals surface area (Å²) >= 11 is 5.70. The van der Waals surface area contributed by atoms with Crippen LogP contribution in [0.15, 0.2) is 54.6 Å². The van der Waals surface area contributed by atoms with Crippen molar-refractivity contribution in [1.82, 2.24) is 19.7 Å². The molecule has 0 unspecified atom stereocenters. The number of rotatable bonds is 6. The maximum atomic E-state index is 13.4. The fraction of sp³-hybridized carbons (Fsp3) is 0.364. The molecule has 0 amide bonds. The van der Waals surface area contributed by atoms with Crippen LogP contribution in [0.3, 0.4) is 0 Å². The molecule has 0 radical (unpaired) electrons. The highest BCUT2D eigenvalue weighted by atomic mass is 32.1. The Bertz CT molecular complexity index is 986. The van der Waals surface area contributed by atoms with E-state index in [1.54, 1.807) is 12.1 Å². The second-order valence-electron chi connectivity index (χ2n) is 7.53. The van der Waals surface area contributed by atoms with Crippen LogP contribution in [0, 0.1) is 17.5 Å². The van der Waals surface area contributed by atoms with Crippen LogP contribution >= 0.6 is 12.2 Å². The van der Waals surface area contributed by atoms with Crippen LogP contribution in [0.5, 0.6) is 0 Å². The standard InChI is InChI=1S/C22H25FN4S/c1-17-25-27(21(28)26(17)15-18-7-3-2-4-8-18)16-24-22(13-5-6-14-22)19-9-11-20(23)12-10-19/h2-4,7-12,24H,5-6,13-16H2,1H3. The average Bonchev–Trinajstić information content (AvgIpc) is 3.29. The first-order chi connectivity index (χ1) is 13.6. The van der Waals surface area contributed by atoms with E-state index in [0.717, 1.165) is 37.1 Å². The normalized spacial score (nSPS) is 15.8. The minimum Gasteiger partial charge on any atom is -0.300 e. The van der Waals surface area contributed by atoms with Gasteiger partial charge >= 0.3 is 0 Å². The highest BCUT2D eigenvalue weighted by Crippen LogP contribution is 2.38. The third kappa shape index (κ3) is 3.80. The van der Waals surface area contributed by atoms with Gasteiger partial charge in [-0.2, -0.15) is 5.10 Å². The average molecular weight is 397 g/mol. The van der Waals surface area contributed by atoms with Crippen molar-refractivity contribution in [2.75, 3.05) is 0 Å². The molecule has 1 aromatic heterocycles. The molecule has 0 spiro atoms. The summed E-state index contributed by atoms with van der Waals surface area (Å²) in [4.78, 5) is 0. The summed E-state index contributed by atoms with van der Waals surface area (Å²) in [5.74, 6) is 0.701. The first-order valence-electron chi connectivity index (χ1n) is 9.77. The van der Waals surface area contributed by atoms with Gasteiger partial charge in [0.1, 0.15) is 11.6 Å². The van der Waals surface area contributed by atoms with Gasteiger partial charge < -0.3 is 0 Å². The van der Waals surface area contributed by atoms with Crippen LogP contribution in [-0.2, 0) is 18.8 Å². The number of halogens is 1. The Kier molecular flexibility index (Phi) is 5.42. The van der Waals surface area contributed by atoms with E-state index >= 15 is 0 Å². The Labute approximate surface area is 170 Å². The minimum atomic E-state index is -0.200. The zero-order chi connectivity index (χ0) is 19.6. The Morgan fingerprint density at radius 2 is 1.75 bits per heavy atom. The molecule has 4 nitrogen and oxygen atoms in total. The van der Waals surface area contributed by atoms with E-state index in [9.17, 15) is 4.39 Å². The summed E-state index contributed by atoms with van der Waals surface area (Å²) in [7, 11) is 0. The summed E-state index contributed by atoms with van der Waals surface area (Å²) in [5, 5.41) is 8.35. The molecule has 0 saturated heterocycles. The first-order valence-corrected chi connectivity index (χ1v) is 10.2. The number of nitrogens with zero attached hydrogens (tertiary/aromatic N) is 3. The molecule has 0 bridgehead atoms. The molecule has 28 heavy (non-hydrogen) atoms. The molecule has 1 saturated carbocycles. The molecule has 0 aliphatic heterocycles. The zero-order valence-electron chi connectivity index (χ0n) is 16.1. The summed E-state index contributed by atoms with van der Waals surface area (Å²) in [6.45, 7) is 3.24. The predicted molar refractivity (Wildman–Crippen MR) is 111 cm³/mol. The minimum absolute atomic E-state index is 0.139. The Balaban J connectivity index is 1.55. The summed E-state index contributed by atoms with van der Waals surface area (Å²) < 4.78 is 18.0. The lowest BCUT2D eigenvalue weighted by atomic mass is 9.88. The third-order valence-electron chi connectivity index (χ3n) is 5.71. The summed E-state index contributed by atoms with van der Waals surface area (Å²) in [6, 6.07) is 17.2. The summed E-state index contributed by atoms with van der Waals surface area (Å²) in [6.07, 6.45) is 4.40. The summed E-state index contributed by atoms with van der Waals surface area (Å²) in [5.41, 5.74) is 2.20. The number of aryl methyl sites for hydroxylation is 1. The fourth-order valence-electron chi connectivity index (χ4n) is 4.14. The Morgan fingerprint density at radius 1 is 1.07 bits per heavy atom. The van der Waals surface area contributed by atoms with Crippen molar-refractivity contribution in [3.05, 3.63) is 82.1 Å². The van der Waals surface area contributed by atoms with Gasteiger partial charge in [0.25, 0.3) is 0 Å². The second-order valence-corrected chi connectivity index (χ2v) is 7.90. The molecule has 1 heterocycles. The van der Waals surface area contributed by atoms with Crippen LogP contribution < -0.4 is 5.32 Å². The van der Waals surface area contributed by atoms with Gasteiger partial charge in [0.05, 0.1) is 13.2 Å². The molecule has 6 heteroatoms. The first kappa shape index (κ1) is 19.0. The second kappa shape index (κ2) is 7.97. The molecule has 4 rings (SSSR count). The van der Waals surface area contributed by atoms with E-state index in [2.05, 4.69) is 27.1 Å². The molecular weight excluding hydrogens is 371 g/mol. The number of nitrogens with one attached hydrogen (secondary N) is 1. The molecule has 3 aromatic rings.